The zero-order valence-electron chi connectivity index (χ0n) is 14.6. The van der Waals surface area contributed by atoms with Gasteiger partial charge in [-0.2, -0.15) is 0 Å². The van der Waals surface area contributed by atoms with Crippen LogP contribution in [0.4, 0.5) is 0 Å². The van der Waals surface area contributed by atoms with Crippen molar-refractivity contribution < 1.29 is 44.8 Å². The third-order valence-electron chi connectivity index (χ3n) is 5.04. The second-order valence-corrected chi connectivity index (χ2v) is 7.36. The second-order valence-electron chi connectivity index (χ2n) is 7.36. The first kappa shape index (κ1) is 20.1. The quantitative estimate of drug-likeness (QED) is 0.240. The SMILES string of the molecule is CC1(C)OC2OC(C(O)CO)C(NC3C=C(CO)C(O)C(O)C3O)C2O1. The van der Waals surface area contributed by atoms with Gasteiger partial charge in [-0.25, -0.2) is 0 Å². The van der Waals surface area contributed by atoms with Crippen molar-refractivity contribution >= 4 is 0 Å². The first-order valence-electron chi connectivity index (χ1n) is 8.60. The molecule has 0 saturated carbocycles. The van der Waals surface area contributed by atoms with Crippen LogP contribution in [0.25, 0.3) is 0 Å². The number of hydrogen-bond donors (Lipinski definition) is 7. The highest BCUT2D eigenvalue weighted by Crippen LogP contribution is 2.39. The monoisotopic (exact) mass is 377 g/mol. The van der Waals surface area contributed by atoms with Crippen LogP contribution in [0.3, 0.4) is 0 Å². The van der Waals surface area contributed by atoms with E-state index in [1.165, 1.54) is 6.08 Å². The van der Waals surface area contributed by atoms with Crippen molar-refractivity contribution in [3.63, 3.8) is 0 Å². The van der Waals surface area contributed by atoms with Crippen LogP contribution in [0.1, 0.15) is 13.8 Å². The van der Waals surface area contributed by atoms with Crippen LogP contribution in [0.5, 0.6) is 0 Å². The number of aliphatic hydroxyl groups is 6. The lowest BCUT2D eigenvalue weighted by Crippen LogP contribution is -2.60. The van der Waals surface area contributed by atoms with Gasteiger partial charge in [-0.15, -0.1) is 0 Å². The van der Waals surface area contributed by atoms with Gasteiger partial charge < -0.3 is 50.2 Å². The van der Waals surface area contributed by atoms with Crippen LogP contribution in [-0.2, 0) is 14.2 Å². The molecule has 2 saturated heterocycles. The minimum Gasteiger partial charge on any atom is -0.394 e. The molecule has 1 aliphatic carbocycles. The van der Waals surface area contributed by atoms with E-state index in [1.807, 2.05) is 0 Å². The Kier molecular flexibility index (Phi) is 5.71. The lowest BCUT2D eigenvalue weighted by Gasteiger charge is -2.38. The van der Waals surface area contributed by atoms with E-state index in [2.05, 4.69) is 5.32 Å². The van der Waals surface area contributed by atoms with E-state index in [1.54, 1.807) is 13.8 Å². The highest BCUT2D eigenvalue weighted by atomic mass is 16.8. The fraction of sp³-hybridized carbons (Fsp3) is 0.875. The predicted molar refractivity (Wildman–Crippen MR) is 85.7 cm³/mol. The molecular formula is C16H27NO9. The van der Waals surface area contributed by atoms with Gasteiger partial charge in [0.1, 0.15) is 36.6 Å². The van der Waals surface area contributed by atoms with E-state index in [-0.39, 0.29) is 5.57 Å². The summed E-state index contributed by atoms with van der Waals surface area (Å²) in [5.74, 6) is -0.905. The summed E-state index contributed by atoms with van der Waals surface area (Å²) in [6, 6.07) is -1.52. The van der Waals surface area contributed by atoms with Gasteiger partial charge in [-0.3, -0.25) is 0 Å². The molecule has 10 nitrogen and oxygen atoms in total. The molecule has 3 rings (SSSR count). The summed E-state index contributed by atoms with van der Waals surface area (Å²) in [5.41, 5.74) is 0.166. The van der Waals surface area contributed by atoms with Gasteiger partial charge in [-0.1, -0.05) is 6.08 Å². The third kappa shape index (κ3) is 3.54. The molecule has 7 N–H and O–H groups in total. The Morgan fingerprint density at radius 1 is 1.15 bits per heavy atom. The normalized spacial score (nSPS) is 46.1. The van der Waals surface area contributed by atoms with E-state index in [0.717, 1.165) is 0 Å². The number of rotatable bonds is 5. The maximum Gasteiger partial charge on any atom is 0.189 e. The van der Waals surface area contributed by atoms with Gasteiger partial charge in [0, 0.05) is 0 Å². The van der Waals surface area contributed by atoms with Crippen LogP contribution in [0, 0.1) is 0 Å². The number of nitrogens with one attached hydrogen (secondary N) is 1. The Morgan fingerprint density at radius 2 is 1.85 bits per heavy atom. The Labute approximate surface area is 150 Å². The largest absolute Gasteiger partial charge is 0.394 e. The van der Waals surface area contributed by atoms with Crippen LogP contribution >= 0.6 is 0 Å². The smallest absolute Gasteiger partial charge is 0.189 e. The highest BCUT2D eigenvalue weighted by Gasteiger charge is 2.57. The lowest BCUT2D eigenvalue weighted by molar-refractivity contribution is -0.219. The molecule has 0 amide bonds. The van der Waals surface area contributed by atoms with Gasteiger partial charge in [0.05, 0.1) is 25.3 Å². The minimum atomic E-state index is -1.49. The summed E-state index contributed by atoms with van der Waals surface area (Å²) < 4.78 is 17.1. The summed E-state index contributed by atoms with van der Waals surface area (Å²) in [6.07, 6.45) is -6.29. The minimum absolute atomic E-state index is 0.166. The topological polar surface area (TPSA) is 161 Å². The molecule has 2 aliphatic heterocycles. The summed E-state index contributed by atoms with van der Waals surface area (Å²) in [5, 5.41) is 61.9. The molecule has 0 aromatic heterocycles. The van der Waals surface area contributed by atoms with Crippen molar-refractivity contribution in [1.82, 2.24) is 5.32 Å². The zero-order chi connectivity index (χ0) is 19.2. The molecule has 0 aromatic carbocycles. The van der Waals surface area contributed by atoms with E-state index in [9.17, 15) is 30.6 Å². The van der Waals surface area contributed by atoms with Crippen LogP contribution in [0.15, 0.2) is 11.6 Å². The Bertz CT molecular complexity index is 542. The lowest BCUT2D eigenvalue weighted by atomic mass is 9.87. The fourth-order valence-electron chi connectivity index (χ4n) is 3.72. The molecule has 0 bridgehead atoms. The number of fused-ring (bicyclic) bond motifs is 1. The van der Waals surface area contributed by atoms with Crippen molar-refractivity contribution in [3.8, 4) is 0 Å². The van der Waals surface area contributed by atoms with Crippen LogP contribution < -0.4 is 5.32 Å². The van der Waals surface area contributed by atoms with E-state index in [0.29, 0.717) is 0 Å². The van der Waals surface area contributed by atoms with Crippen LogP contribution in [-0.4, -0.2) is 105 Å². The number of aliphatic hydroxyl groups excluding tert-OH is 6. The molecule has 0 radical (unpaired) electrons. The van der Waals surface area contributed by atoms with E-state index in [4.69, 9.17) is 14.2 Å². The van der Waals surface area contributed by atoms with Crippen molar-refractivity contribution in [2.24, 2.45) is 0 Å². The predicted octanol–water partition coefficient (Wildman–Crippen LogP) is -3.44. The molecule has 2 heterocycles. The number of ether oxygens (including phenoxy) is 3. The average Bonchev–Trinajstić information content (AvgIpc) is 3.07. The van der Waals surface area contributed by atoms with E-state index < -0.39 is 74.0 Å². The Morgan fingerprint density at radius 3 is 2.46 bits per heavy atom. The van der Waals surface area contributed by atoms with E-state index >= 15 is 0 Å². The average molecular weight is 377 g/mol. The van der Waals surface area contributed by atoms with Crippen LogP contribution in [0.2, 0.25) is 0 Å². The molecule has 150 valence electrons. The zero-order valence-corrected chi connectivity index (χ0v) is 14.6. The summed E-state index contributed by atoms with van der Waals surface area (Å²) in [4.78, 5) is 0. The van der Waals surface area contributed by atoms with Crippen molar-refractivity contribution in [2.75, 3.05) is 13.2 Å². The summed E-state index contributed by atoms with van der Waals surface area (Å²) in [7, 11) is 0. The maximum atomic E-state index is 10.3. The summed E-state index contributed by atoms with van der Waals surface area (Å²) in [6.45, 7) is 2.40. The maximum absolute atomic E-state index is 10.3. The first-order valence-corrected chi connectivity index (χ1v) is 8.60. The Hall–Kier alpha value is -0.660. The molecule has 0 spiro atoms. The standard InChI is InChI=1S/C16H27NO9/c1-16(2)25-14-9(13(8(20)5-19)24-15(14)26-16)17-7-3-6(4-18)10(21)12(23)11(7)22/h3,7-15,17-23H,4-5H2,1-2H3. The van der Waals surface area contributed by atoms with Crippen molar-refractivity contribution in [1.29, 1.82) is 0 Å². The fourth-order valence-corrected chi connectivity index (χ4v) is 3.72. The third-order valence-corrected chi connectivity index (χ3v) is 5.04. The van der Waals surface area contributed by atoms with Crippen molar-refractivity contribution in [3.05, 3.63) is 11.6 Å². The molecular weight excluding hydrogens is 350 g/mol. The van der Waals surface area contributed by atoms with Crippen molar-refractivity contribution in [2.45, 2.75) is 74.6 Å². The number of hydrogen-bond acceptors (Lipinski definition) is 10. The molecule has 9 unspecified atom stereocenters. The molecule has 3 aliphatic rings. The van der Waals surface area contributed by atoms with Gasteiger partial charge in [0.2, 0.25) is 0 Å². The van der Waals surface area contributed by atoms with Gasteiger partial charge in [-0.05, 0) is 19.4 Å². The molecule has 0 aromatic rings. The molecule has 10 heteroatoms. The molecule has 9 atom stereocenters. The molecule has 2 fully saturated rings. The van der Waals surface area contributed by atoms with Gasteiger partial charge in [0.25, 0.3) is 0 Å². The Balaban J connectivity index is 1.83. The summed E-state index contributed by atoms with van der Waals surface area (Å²) >= 11 is 0. The highest BCUT2D eigenvalue weighted by molar-refractivity contribution is 5.22. The van der Waals surface area contributed by atoms with Gasteiger partial charge in [0.15, 0.2) is 12.1 Å². The van der Waals surface area contributed by atoms with Gasteiger partial charge >= 0.3 is 0 Å². The molecule has 26 heavy (non-hydrogen) atoms. The second kappa shape index (κ2) is 7.40. The first-order chi connectivity index (χ1) is 12.2.